The summed E-state index contributed by atoms with van der Waals surface area (Å²) < 4.78 is 32.2. The van der Waals surface area contributed by atoms with Crippen LogP contribution < -0.4 is 10.6 Å². The van der Waals surface area contributed by atoms with Crippen molar-refractivity contribution < 1.29 is 18.3 Å². The van der Waals surface area contributed by atoms with E-state index in [0.29, 0.717) is 13.1 Å². The highest BCUT2D eigenvalue weighted by Crippen LogP contribution is 2.28. The van der Waals surface area contributed by atoms with Crippen LogP contribution in [0.4, 0.5) is 14.5 Å². The molecule has 104 valence electrons. The van der Waals surface area contributed by atoms with Gasteiger partial charge in [-0.2, -0.15) is 0 Å². The van der Waals surface area contributed by atoms with Gasteiger partial charge in [-0.3, -0.25) is 0 Å². The van der Waals surface area contributed by atoms with Gasteiger partial charge >= 0.3 is 5.97 Å². The van der Waals surface area contributed by atoms with Gasteiger partial charge in [0.2, 0.25) is 0 Å². The third-order valence-corrected chi connectivity index (χ3v) is 3.48. The van der Waals surface area contributed by atoms with Gasteiger partial charge in [-0.25, -0.2) is 13.6 Å². The van der Waals surface area contributed by atoms with E-state index in [1.165, 1.54) is 12.1 Å². The van der Waals surface area contributed by atoms with E-state index in [1.54, 1.807) is 4.90 Å². The molecule has 0 radical (unpaired) electrons. The highest BCUT2D eigenvalue weighted by atomic mass is 19.2. The number of anilines is 1. The lowest BCUT2D eigenvalue weighted by Crippen LogP contribution is -2.29. The predicted molar refractivity (Wildman–Crippen MR) is 67.0 cm³/mol. The molecule has 2 unspecified atom stereocenters. The van der Waals surface area contributed by atoms with Crippen molar-refractivity contribution in [2.24, 2.45) is 11.7 Å². The number of hydrogen-bond donors (Lipinski definition) is 1. The molecule has 2 atom stereocenters. The molecule has 1 aromatic rings. The molecular formula is C13H16F2N2O2. The Kier molecular flexibility index (Phi) is 3.71. The Bertz CT molecular complexity index is 498. The largest absolute Gasteiger partial charge is 0.465 e. The Morgan fingerprint density at radius 2 is 2.05 bits per heavy atom. The molecule has 2 N–H and O–H groups in total. The van der Waals surface area contributed by atoms with Crippen molar-refractivity contribution >= 4 is 11.7 Å². The molecule has 6 heteroatoms. The highest BCUT2D eigenvalue weighted by molar-refractivity contribution is 5.90. The highest BCUT2D eigenvalue weighted by Gasteiger charge is 2.30. The summed E-state index contributed by atoms with van der Waals surface area (Å²) in [6.45, 7) is 2.99. The number of esters is 1. The second kappa shape index (κ2) is 5.13. The van der Waals surface area contributed by atoms with Gasteiger partial charge in [0, 0.05) is 19.1 Å². The van der Waals surface area contributed by atoms with Gasteiger partial charge in [-0.05, 0) is 18.1 Å². The van der Waals surface area contributed by atoms with E-state index in [1.807, 2.05) is 6.92 Å². The van der Waals surface area contributed by atoms with Crippen molar-refractivity contribution in [3.05, 3.63) is 29.3 Å². The first-order valence-electron chi connectivity index (χ1n) is 6.02. The first kappa shape index (κ1) is 13.7. The summed E-state index contributed by atoms with van der Waals surface area (Å²) >= 11 is 0. The Balaban J connectivity index is 2.34. The number of hydrogen-bond acceptors (Lipinski definition) is 4. The van der Waals surface area contributed by atoms with E-state index in [9.17, 15) is 13.6 Å². The standard InChI is InChI=1S/C13H16F2N2O2/c1-7-5-17(6-9(7)16)10-4-3-8(13(18)19-2)11(14)12(10)15/h3-4,7,9H,5-6,16H2,1-2H3. The van der Waals surface area contributed by atoms with Crippen molar-refractivity contribution in [2.45, 2.75) is 13.0 Å². The molecule has 0 aliphatic carbocycles. The fourth-order valence-electron chi connectivity index (χ4n) is 2.24. The zero-order valence-corrected chi connectivity index (χ0v) is 10.8. The van der Waals surface area contributed by atoms with Crippen molar-refractivity contribution in [3.8, 4) is 0 Å². The average molecular weight is 270 g/mol. The van der Waals surface area contributed by atoms with E-state index in [0.717, 1.165) is 7.11 Å². The minimum Gasteiger partial charge on any atom is -0.465 e. The molecule has 1 saturated heterocycles. The van der Waals surface area contributed by atoms with Crippen LogP contribution in [0.5, 0.6) is 0 Å². The molecule has 1 aliphatic rings. The molecule has 19 heavy (non-hydrogen) atoms. The van der Waals surface area contributed by atoms with Crippen LogP contribution in [0.2, 0.25) is 0 Å². The molecule has 1 heterocycles. The van der Waals surface area contributed by atoms with Crippen LogP contribution in [0.25, 0.3) is 0 Å². The number of rotatable bonds is 2. The first-order valence-corrected chi connectivity index (χ1v) is 6.02. The summed E-state index contributed by atoms with van der Waals surface area (Å²) in [5.41, 5.74) is 5.59. The van der Waals surface area contributed by atoms with E-state index in [4.69, 9.17) is 5.73 Å². The number of carbonyl (C=O) groups is 1. The molecule has 0 amide bonds. The molecule has 0 spiro atoms. The van der Waals surface area contributed by atoms with Gasteiger partial charge in [-0.15, -0.1) is 0 Å². The van der Waals surface area contributed by atoms with Crippen molar-refractivity contribution in [1.29, 1.82) is 0 Å². The van der Waals surface area contributed by atoms with Crippen molar-refractivity contribution in [1.82, 2.24) is 0 Å². The fourth-order valence-corrected chi connectivity index (χ4v) is 2.24. The predicted octanol–water partition coefficient (Wildman–Crippen LogP) is 1.53. The minimum atomic E-state index is -1.18. The second-order valence-corrected chi connectivity index (χ2v) is 4.80. The molecule has 0 bridgehead atoms. The van der Waals surface area contributed by atoms with Gasteiger partial charge in [0.1, 0.15) is 0 Å². The maximum atomic E-state index is 14.0. The third-order valence-electron chi connectivity index (χ3n) is 3.48. The van der Waals surface area contributed by atoms with Crippen LogP contribution in [-0.4, -0.2) is 32.2 Å². The molecule has 1 aromatic carbocycles. The van der Waals surface area contributed by atoms with E-state index >= 15 is 0 Å². The lowest BCUT2D eigenvalue weighted by molar-refractivity contribution is 0.0594. The van der Waals surface area contributed by atoms with Crippen LogP contribution in [0.1, 0.15) is 17.3 Å². The monoisotopic (exact) mass is 270 g/mol. The Hall–Kier alpha value is -1.69. The Morgan fingerprint density at radius 1 is 1.37 bits per heavy atom. The van der Waals surface area contributed by atoms with Crippen LogP contribution in [-0.2, 0) is 4.74 Å². The molecule has 1 aliphatic heterocycles. The molecular weight excluding hydrogens is 254 g/mol. The van der Waals surface area contributed by atoms with E-state index < -0.39 is 23.2 Å². The number of halogens is 2. The van der Waals surface area contributed by atoms with Gasteiger partial charge < -0.3 is 15.4 Å². The van der Waals surface area contributed by atoms with Gasteiger partial charge in [-0.1, -0.05) is 6.92 Å². The maximum Gasteiger partial charge on any atom is 0.340 e. The number of carbonyl (C=O) groups excluding carboxylic acids is 1. The number of methoxy groups -OCH3 is 1. The van der Waals surface area contributed by atoms with Crippen LogP contribution in [0, 0.1) is 17.6 Å². The summed E-state index contributed by atoms with van der Waals surface area (Å²) in [7, 11) is 1.12. The second-order valence-electron chi connectivity index (χ2n) is 4.80. The van der Waals surface area contributed by atoms with Crippen molar-refractivity contribution in [2.75, 3.05) is 25.1 Å². The number of nitrogens with two attached hydrogens (primary N) is 1. The van der Waals surface area contributed by atoms with E-state index in [2.05, 4.69) is 4.74 Å². The van der Waals surface area contributed by atoms with Crippen LogP contribution in [0.3, 0.4) is 0 Å². The SMILES string of the molecule is COC(=O)c1ccc(N2CC(C)C(N)C2)c(F)c1F. The average Bonchev–Trinajstić information content (AvgIpc) is 2.71. The molecule has 0 saturated carbocycles. The van der Waals surface area contributed by atoms with Crippen molar-refractivity contribution in [3.63, 3.8) is 0 Å². The topological polar surface area (TPSA) is 55.6 Å². The lowest BCUT2D eigenvalue weighted by Gasteiger charge is -2.19. The molecule has 2 rings (SSSR count). The Morgan fingerprint density at radius 3 is 2.58 bits per heavy atom. The minimum absolute atomic E-state index is 0.0669. The summed E-state index contributed by atoms with van der Waals surface area (Å²) in [5, 5.41) is 0. The summed E-state index contributed by atoms with van der Waals surface area (Å²) in [4.78, 5) is 12.9. The molecule has 1 fully saturated rings. The number of benzene rings is 1. The fraction of sp³-hybridized carbons (Fsp3) is 0.462. The zero-order chi connectivity index (χ0) is 14.2. The normalized spacial score (nSPS) is 22.7. The summed E-state index contributed by atoms with van der Waals surface area (Å²) in [5.74, 6) is -2.90. The van der Waals surface area contributed by atoms with Gasteiger partial charge in [0.25, 0.3) is 0 Å². The lowest BCUT2D eigenvalue weighted by atomic mass is 10.1. The number of nitrogens with zero attached hydrogens (tertiary/aromatic N) is 1. The van der Waals surface area contributed by atoms with Gasteiger partial charge in [0.15, 0.2) is 11.6 Å². The summed E-state index contributed by atoms with van der Waals surface area (Å²) in [6, 6.07) is 2.55. The summed E-state index contributed by atoms with van der Waals surface area (Å²) in [6.07, 6.45) is 0. The van der Waals surface area contributed by atoms with Crippen LogP contribution >= 0.6 is 0 Å². The quantitative estimate of drug-likeness (QED) is 0.828. The first-order chi connectivity index (χ1) is 8.95. The maximum absolute atomic E-state index is 14.0. The van der Waals surface area contributed by atoms with Gasteiger partial charge in [0.05, 0.1) is 18.4 Å². The smallest absolute Gasteiger partial charge is 0.340 e. The Labute approximate surface area is 110 Å². The van der Waals surface area contributed by atoms with Crippen LogP contribution in [0.15, 0.2) is 12.1 Å². The number of ether oxygens (including phenoxy) is 1. The zero-order valence-electron chi connectivity index (χ0n) is 10.8. The third kappa shape index (κ3) is 2.40. The molecule has 0 aromatic heterocycles. The van der Waals surface area contributed by atoms with E-state index in [-0.39, 0.29) is 17.6 Å². The molecule has 4 nitrogen and oxygen atoms in total.